The summed E-state index contributed by atoms with van der Waals surface area (Å²) in [6.45, 7) is 2.70. The Bertz CT molecular complexity index is 1350. The van der Waals surface area contributed by atoms with Crippen molar-refractivity contribution in [3.8, 4) is 0 Å². The highest BCUT2D eigenvalue weighted by Crippen LogP contribution is 2.23. The van der Waals surface area contributed by atoms with Gasteiger partial charge in [0.15, 0.2) is 0 Å². The third-order valence-electron chi connectivity index (χ3n) is 5.38. The van der Waals surface area contributed by atoms with Gasteiger partial charge >= 0.3 is 0 Å². The summed E-state index contributed by atoms with van der Waals surface area (Å²) in [5, 5.41) is 9.93. The van der Waals surface area contributed by atoms with Crippen LogP contribution >= 0.6 is 15.9 Å². The SMILES string of the molecule is BrC(/C=N\Nc1nc(Nc2ccc3ccccc3c2)nc(N2CCOCC2)n1)=C\c1ccccc1. The molecule has 0 aliphatic carbocycles. The van der Waals surface area contributed by atoms with Crippen molar-refractivity contribution >= 4 is 62.5 Å². The van der Waals surface area contributed by atoms with Gasteiger partial charge in [0.1, 0.15) is 0 Å². The van der Waals surface area contributed by atoms with E-state index in [0.717, 1.165) is 21.1 Å². The molecule has 5 rings (SSSR count). The van der Waals surface area contributed by atoms with Gasteiger partial charge in [0.2, 0.25) is 17.8 Å². The molecule has 0 saturated carbocycles. The Morgan fingerprint density at radius 3 is 2.46 bits per heavy atom. The summed E-state index contributed by atoms with van der Waals surface area (Å²) in [7, 11) is 0. The summed E-state index contributed by atoms with van der Waals surface area (Å²) >= 11 is 3.53. The number of ether oxygens (including phenoxy) is 1. The molecule has 0 radical (unpaired) electrons. The Balaban J connectivity index is 1.38. The van der Waals surface area contributed by atoms with E-state index in [9.17, 15) is 0 Å². The molecular formula is C26H24BrN7O. The van der Waals surface area contributed by atoms with E-state index in [1.165, 1.54) is 5.39 Å². The van der Waals surface area contributed by atoms with Crippen LogP contribution in [0.5, 0.6) is 0 Å². The normalized spacial score (nSPS) is 14.4. The second kappa shape index (κ2) is 11.1. The van der Waals surface area contributed by atoms with Crippen LogP contribution in [0.15, 0.2) is 82.4 Å². The molecule has 4 aromatic rings. The largest absolute Gasteiger partial charge is 0.378 e. The van der Waals surface area contributed by atoms with Crippen LogP contribution in [0.2, 0.25) is 0 Å². The highest BCUT2D eigenvalue weighted by atomic mass is 79.9. The molecular weight excluding hydrogens is 506 g/mol. The van der Waals surface area contributed by atoms with Gasteiger partial charge < -0.3 is 15.0 Å². The van der Waals surface area contributed by atoms with E-state index in [1.54, 1.807) is 6.21 Å². The zero-order valence-electron chi connectivity index (χ0n) is 18.9. The fourth-order valence-electron chi connectivity index (χ4n) is 3.67. The molecule has 0 unspecified atom stereocenters. The van der Waals surface area contributed by atoms with Gasteiger partial charge in [-0.15, -0.1) is 0 Å². The summed E-state index contributed by atoms with van der Waals surface area (Å²) < 4.78 is 6.29. The van der Waals surface area contributed by atoms with Gasteiger partial charge in [0.25, 0.3) is 0 Å². The van der Waals surface area contributed by atoms with E-state index in [4.69, 9.17) is 4.74 Å². The lowest BCUT2D eigenvalue weighted by Gasteiger charge is -2.27. The molecule has 1 aromatic heterocycles. The summed E-state index contributed by atoms with van der Waals surface area (Å²) in [5.41, 5.74) is 4.90. The molecule has 8 nitrogen and oxygen atoms in total. The van der Waals surface area contributed by atoms with Gasteiger partial charge in [-0.25, -0.2) is 5.43 Å². The first-order valence-electron chi connectivity index (χ1n) is 11.3. The van der Waals surface area contributed by atoms with Crippen LogP contribution in [-0.2, 0) is 4.74 Å². The number of benzene rings is 3. The molecule has 35 heavy (non-hydrogen) atoms. The molecule has 2 N–H and O–H groups in total. The van der Waals surface area contributed by atoms with Crippen LogP contribution < -0.4 is 15.6 Å². The number of hydrogen-bond donors (Lipinski definition) is 2. The first kappa shape index (κ1) is 22.9. The van der Waals surface area contributed by atoms with Gasteiger partial charge in [-0.2, -0.15) is 20.1 Å². The van der Waals surface area contributed by atoms with Crippen molar-refractivity contribution in [1.29, 1.82) is 0 Å². The molecule has 1 saturated heterocycles. The molecule has 0 bridgehead atoms. The zero-order chi connectivity index (χ0) is 23.9. The molecule has 9 heteroatoms. The number of hydrogen-bond acceptors (Lipinski definition) is 8. The monoisotopic (exact) mass is 529 g/mol. The second-order valence-electron chi connectivity index (χ2n) is 7.88. The number of morpholine rings is 1. The number of hydrazone groups is 1. The molecule has 1 aliphatic heterocycles. The highest BCUT2D eigenvalue weighted by molar-refractivity contribution is 9.12. The number of anilines is 4. The predicted molar refractivity (Wildman–Crippen MR) is 146 cm³/mol. The lowest BCUT2D eigenvalue weighted by molar-refractivity contribution is 0.122. The van der Waals surface area contributed by atoms with Gasteiger partial charge in [-0.05, 0) is 50.5 Å². The third kappa shape index (κ3) is 6.20. The number of halogens is 1. The van der Waals surface area contributed by atoms with Crippen LogP contribution in [0, 0.1) is 0 Å². The minimum atomic E-state index is 0.348. The van der Waals surface area contributed by atoms with E-state index in [2.05, 4.69) is 75.9 Å². The number of nitrogens with one attached hydrogen (secondary N) is 2. The van der Waals surface area contributed by atoms with Crippen LogP contribution in [0.3, 0.4) is 0 Å². The number of fused-ring (bicyclic) bond motifs is 1. The Morgan fingerprint density at radius 1 is 0.886 bits per heavy atom. The summed E-state index contributed by atoms with van der Waals surface area (Å²) in [6.07, 6.45) is 3.64. The summed E-state index contributed by atoms with van der Waals surface area (Å²) in [5.74, 6) is 1.36. The maximum Gasteiger partial charge on any atom is 0.250 e. The van der Waals surface area contributed by atoms with Crippen molar-refractivity contribution in [3.05, 3.63) is 82.8 Å². The van der Waals surface area contributed by atoms with Gasteiger partial charge in [0.05, 0.1) is 19.4 Å². The molecule has 1 aliphatic rings. The van der Waals surface area contributed by atoms with E-state index in [-0.39, 0.29) is 0 Å². The first-order valence-corrected chi connectivity index (χ1v) is 12.1. The maximum absolute atomic E-state index is 5.48. The Kier molecular flexibility index (Phi) is 7.26. The number of rotatable bonds is 7. The third-order valence-corrected chi connectivity index (χ3v) is 5.81. The molecule has 2 heterocycles. The van der Waals surface area contributed by atoms with Crippen LogP contribution in [0.4, 0.5) is 23.5 Å². The van der Waals surface area contributed by atoms with Gasteiger partial charge in [-0.1, -0.05) is 60.7 Å². The zero-order valence-corrected chi connectivity index (χ0v) is 20.5. The Labute approximate surface area is 211 Å². The summed E-state index contributed by atoms with van der Waals surface area (Å²) in [4.78, 5) is 15.8. The lowest BCUT2D eigenvalue weighted by Crippen LogP contribution is -2.37. The van der Waals surface area contributed by atoms with Crippen molar-refractivity contribution in [3.63, 3.8) is 0 Å². The maximum atomic E-state index is 5.48. The fraction of sp³-hybridized carbons (Fsp3) is 0.154. The van der Waals surface area contributed by atoms with E-state index >= 15 is 0 Å². The smallest absolute Gasteiger partial charge is 0.250 e. The fourth-order valence-corrected chi connectivity index (χ4v) is 4.04. The Morgan fingerprint density at radius 2 is 1.63 bits per heavy atom. The molecule has 0 spiro atoms. The van der Waals surface area contributed by atoms with E-state index in [1.807, 2.05) is 54.6 Å². The van der Waals surface area contributed by atoms with Crippen molar-refractivity contribution in [2.75, 3.05) is 41.9 Å². The standard InChI is InChI=1S/C26H24BrN7O/c27-22(16-19-6-2-1-3-7-19)18-28-33-25-30-24(31-26(32-25)34-12-14-35-15-13-34)29-23-11-10-20-8-4-5-9-21(20)17-23/h1-11,16-18H,12-15H2,(H2,29,30,31,32,33)/b22-16-,28-18-. The average Bonchev–Trinajstić information content (AvgIpc) is 2.89. The highest BCUT2D eigenvalue weighted by Gasteiger charge is 2.17. The van der Waals surface area contributed by atoms with Crippen LogP contribution in [0.25, 0.3) is 16.8 Å². The minimum Gasteiger partial charge on any atom is -0.378 e. The van der Waals surface area contributed by atoms with Crippen molar-refractivity contribution < 1.29 is 4.74 Å². The van der Waals surface area contributed by atoms with Crippen LogP contribution in [-0.4, -0.2) is 47.5 Å². The summed E-state index contributed by atoms with van der Waals surface area (Å²) in [6, 6.07) is 24.4. The van der Waals surface area contributed by atoms with E-state index < -0.39 is 0 Å². The van der Waals surface area contributed by atoms with Crippen molar-refractivity contribution in [2.24, 2.45) is 5.10 Å². The van der Waals surface area contributed by atoms with Crippen molar-refractivity contribution in [1.82, 2.24) is 15.0 Å². The van der Waals surface area contributed by atoms with E-state index in [0.29, 0.717) is 44.1 Å². The second-order valence-corrected chi connectivity index (χ2v) is 8.79. The van der Waals surface area contributed by atoms with Gasteiger partial charge in [0, 0.05) is 23.3 Å². The number of nitrogens with zero attached hydrogens (tertiary/aromatic N) is 5. The lowest BCUT2D eigenvalue weighted by atomic mass is 10.1. The molecule has 0 amide bonds. The number of aromatic nitrogens is 3. The van der Waals surface area contributed by atoms with Gasteiger partial charge in [-0.3, -0.25) is 0 Å². The quantitative estimate of drug-likeness (QED) is 0.243. The number of allylic oxidation sites excluding steroid dienone is 1. The first-order chi connectivity index (χ1) is 17.2. The minimum absolute atomic E-state index is 0.348. The molecule has 176 valence electrons. The topological polar surface area (TPSA) is 87.6 Å². The Hall–Kier alpha value is -3.82. The average molecular weight is 530 g/mol. The molecule has 0 atom stereocenters. The van der Waals surface area contributed by atoms with Crippen LogP contribution in [0.1, 0.15) is 5.56 Å². The van der Waals surface area contributed by atoms with Crippen molar-refractivity contribution in [2.45, 2.75) is 0 Å². The molecule has 3 aromatic carbocycles. The molecule has 1 fully saturated rings. The predicted octanol–water partition coefficient (Wildman–Crippen LogP) is 5.44.